The van der Waals surface area contributed by atoms with E-state index >= 15 is 0 Å². The predicted octanol–water partition coefficient (Wildman–Crippen LogP) is 25.7. The fraction of sp³-hybridized carbons (Fsp3) is 0.760. The molecule has 0 aliphatic heterocycles. The van der Waals surface area contributed by atoms with Gasteiger partial charge >= 0.3 is 0 Å². The lowest BCUT2D eigenvalue weighted by Crippen LogP contribution is -2.10. The van der Waals surface area contributed by atoms with E-state index in [0.717, 1.165) is 67.7 Å². The molecule has 2 rings (SSSR count). The molecule has 0 fully saturated rings. The first-order valence-corrected chi connectivity index (χ1v) is 34.7. The largest absolute Gasteiger partial charge is 0.246 e. The lowest BCUT2D eigenvalue weighted by Gasteiger charge is -2.12. The molecular weight excluding hydrogens is 929 g/mol. The van der Waals surface area contributed by atoms with Gasteiger partial charge in [0.05, 0.1) is 17.1 Å². The van der Waals surface area contributed by atoms with Gasteiger partial charge in [0.2, 0.25) is 0 Å². The van der Waals surface area contributed by atoms with Crippen molar-refractivity contribution in [3.05, 3.63) is 70.8 Å². The summed E-state index contributed by atoms with van der Waals surface area (Å²) in [6.07, 6.45) is 72.5. The van der Waals surface area contributed by atoms with Crippen molar-refractivity contribution < 1.29 is 0 Å². The maximum atomic E-state index is 5.54. The molecule has 0 aliphatic rings. The molecule has 0 unspecified atom stereocenters. The van der Waals surface area contributed by atoms with Crippen LogP contribution in [0.3, 0.4) is 0 Å². The van der Waals surface area contributed by atoms with Gasteiger partial charge in [-0.15, -0.1) is 0 Å². The van der Waals surface area contributed by atoms with Gasteiger partial charge < -0.3 is 0 Å². The molecule has 438 valence electrons. The van der Waals surface area contributed by atoms with E-state index in [1.165, 1.54) is 305 Å². The van der Waals surface area contributed by atoms with Crippen LogP contribution in [0.5, 0.6) is 0 Å². The van der Waals surface area contributed by atoms with Gasteiger partial charge in [0.15, 0.2) is 0 Å². The standard InChI is InChI=1S/C75H128N2/c1-7-13-19-21-23-25-27-29-31-32-33-34-35-36-37-39-41-43-45-47-49-55-61-75(77-73-65-63-69(57-51-16-10-4)71(67-73)59-53-18-12-6)74(60-54-48-46-44-42-40-38-30-28-26-24-22-20-14-8-2)76-72-64-62-68(56-50-15-9-3)70(66-72)58-52-17-11-5/h55,61-67H,7-53,56-59H2,1-6H3/b61-55+,76-74?,77-75?. The van der Waals surface area contributed by atoms with E-state index < -0.39 is 0 Å². The van der Waals surface area contributed by atoms with E-state index in [1.807, 2.05) is 0 Å². The number of hydrogen-bond acceptors (Lipinski definition) is 2. The normalized spacial score (nSPS) is 12.1. The number of rotatable bonds is 54. The lowest BCUT2D eigenvalue weighted by molar-refractivity contribution is 0.522. The summed E-state index contributed by atoms with van der Waals surface area (Å²) >= 11 is 0. The van der Waals surface area contributed by atoms with Gasteiger partial charge in [-0.3, -0.25) is 0 Å². The van der Waals surface area contributed by atoms with Crippen LogP contribution in [0.1, 0.15) is 366 Å². The highest BCUT2D eigenvalue weighted by molar-refractivity contribution is 6.53. The molecular formula is C75H128N2. The second-order valence-corrected chi connectivity index (χ2v) is 23.9. The number of allylic oxidation sites excluding steroid dienone is 2. The summed E-state index contributed by atoms with van der Waals surface area (Å²) in [6, 6.07) is 14.2. The second kappa shape index (κ2) is 53.7. The van der Waals surface area contributed by atoms with E-state index in [4.69, 9.17) is 9.98 Å². The molecule has 0 heterocycles. The van der Waals surface area contributed by atoms with Crippen molar-refractivity contribution in [2.24, 2.45) is 9.98 Å². The van der Waals surface area contributed by atoms with E-state index in [0.29, 0.717) is 0 Å². The lowest BCUT2D eigenvalue weighted by atomic mass is 9.96. The summed E-state index contributed by atoms with van der Waals surface area (Å²) in [5, 5.41) is 0. The summed E-state index contributed by atoms with van der Waals surface area (Å²) in [7, 11) is 0. The van der Waals surface area contributed by atoms with E-state index in [9.17, 15) is 0 Å². The van der Waals surface area contributed by atoms with E-state index in [1.54, 1.807) is 0 Å². The Morgan fingerprint density at radius 2 is 0.623 bits per heavy atom. The molecule has 2 nitrogen and oxygen atoms in total. The average Bonchev–Trinajstić information content (AvgIpc) is 3.44. The molecule has 0 N–H and O–H groups in total. The van der Waals surface area contributed by atoms with Crippen LogP contribution < -0.4 is 0 Å². The minimum atomic E-state index is 0.831. The van der Waals surface area contributed by atoms with Gasteiger partial charge in [-0.05, 0) is 129 Å². The first-order valence-electron chi connectivity index (χ1n) is 34.7. The van der Waals surface area contributed by atoms with Gasteiger partial charge in [-0.1, -0.05) is 316 Å². The fourth-order valence-electron chi connectivity index (χ4n) is 11.3. The maximum Gasteiger partial charge on any atom is 0.139 e. The third-order valence-corrected chi connectivity index (χ3v) is 16.4. The Kier molecular flexibility index (Phi) is 49.0. The van der Waals surface area contributed by atoms with Crippen molar-refractivity contribution in [3.63, 3.8) is 0 Å². The SMILES string of the molecule is CCCCCCCCCCCCCCCC#CC(=Nc1ccc(CCCCC)c(CCCCC)c1)C(/C=C/CCCCCCCCCCCCCCCCCCCCCC)=Nc1ccc(CCCCC)c(CCCCC)c1. The van der Waals surface area contributed by atoms with Crippen molar-refractivity contribution in [1.82, 2.24) is 0 Å². The highest BCUT2D eigenvalue weighted by atomic mass is 14.8. The van der Waals surface area contributed by atoms with Gasteiger partial charge in [0.25, 0.3) is 0 Å². The molecule has 2 heteroatoms. The van der Waals surface area contributed by atoms with Crippen molar-refractivity contribution in [2.45, 2.75) is 369 Å². The molecule has 0 aromatic heterocycles. The summed E-state index contributed by atoms with van der Waals surface area (Å²) in [5.41, 5.74) is 9.85. The molecule has 77 heavy (non-hydrogen) atoms. The van der Waals surface area contributed by atoms with Crippen LogP contribution in [-0.2, 0) is 25.7 Å². The monoisotopic (exact) mass is 1060 g/mol. The number of aliphatic imine (C=N–C) groups is 2. The number of unbranched alkanes of at least 4 members (excludes halogenated alkanes) is 41. The van der Waals surface area contributed by atoms with Crippen LogP contribution >= 0.6 is 0 Å². The Labute approximate surface area is 482 Å². The molecule has 0 saturated carbocycles. The molecule has 0 bridgehead atoms. The summed E-state index contributed by atoms with van der Waals surface area (Å²) in [4.78, 5) is 11.0. The first kappa shape index (κ1) is 70.2. The minimum Gasteiger partial charge on any atom is -0.246 e. The van der Waals surface area contributed by atoms with Gasteiger partial charge in [0.1, 0.15) is 5.71 Å². The Hall–Kier alpha value is -2.92. The van der Waals surface area contributed by atoms with Crippen molar-refractivity contribution in [2.75, 3.05) is 0 Å². The Balaban J connectivity index is 2.24. The average molecular weight is 1060 g/mol. The summed E-state index contributed by atoms with van der Waals surface area (Å²) < 4.78 is 0. The molecule has 0 atom stereocenters. The molecule has 2 aromatic rings. The number of aryl methyl sites for hydroxylation is 4. The number of nitrogens with zero attached hydrogens (tertiary/aromatic N) is 2. The summed E-state index contributed by atoms with van der Waals surface area (Å²) in [5.74, 6) is 7.36. The smallest absolute Gasteiger partial charge is 0.139 e. The van der Waals surface area contributed by atoms with E-state index in [2.05, 4.69) is 102 Å². The summed E-state index contributed by atoms with van der Waals surface area (Å²) in [6.45, 7) is 13.9. The zero-order valence-electron chi connectivity index (χ0n) is 52.6. The van der Waals surface area contributed by atoms with Gasteiger partial charge in [-0.25, -0.2) is 9.98 Å². The number of hydrogen-bond donors (Lipinski definition) is 0. The molecule has 0 saturated heterocycles. The van der Waals surface area contributed by atoms with Crippen LogP contribution in [0.15, 0.2) is 58.5 Å². The van der Waals surface area contributed by atoms with Gasteiger partial charge in [-0.2, -0.15) is 0 Å². The predicted molar refractivity (Wildman–Crippen MR) is 350 cm³/mol. The third kappa shape index (κ3) is 40.0. The number of benzene rings is 2. The quantitative estimate of drug-likeness (QED) is 0.0358. The van der Waals surface area contributed by atoms with Crippen LogP contribution in [0.25, 0.3) is 0 Å². The van der Waals surface area contributed by atoms with Crippen molar-refractivity contribution >= 4 is 22.8 Å². The van der Waals surface area contributed by atoms with Crippen molar-refractivity contribution in [1.29, 1.82) is 0 Å². The molecule has 0 spiro atoms. The molecule has 0 radical (unpaired) electrons. The van der Waals surface area contributed by atoms with Crippen LogP contribution in [0, 0.1) is 11.8 Å². The highest BCUT2D eigenvalue weighted by Gasteiger charge is 2.11. The topological polar surface area (TPSA) is 24.7 Å². The van der Waals surface area contributed by atoms with Crippen molar-refractivity contribution in [3.8, 4) is 11.8 Å². The molecule has 0 amide bonds. The zero-order chi connectivity index (χ0) is 55.2. The Morgan fingerprint density at radius 3 is 0.987 bits per heavy atom. The molecule has 0 aliphatic carbocycles. The second-order valence-electron chi connectivity index (χ2n) is 23.9. The highest BCUT2D eigenvalue weighted by Crippen LogP contribution is 2.26. The zero-order valence-corrected chi connectivity index (χ0v) is 52.6. The van der Waals surface area contributed by atoms with E-state index in [-0.39, 0.29) is 0 Å². The maximum absolute atomic E-state index is 5.54. The Bertz CT molecular complexity index is 1780. The van der Waals surface area contributed by atoms with Gasteiger partial charge in [0, 0.05) is 6.42 Å². The third-order valence-electron chi connectivity index (χ3n) is 16.4. The van der Waals surface area contributed by atoms with Crippen LogP contribution in [0.4, 0.5) is 11.4 Å². The fourth-order valence-corrected chi connectivity index (χ4v) is 11.3. The van der Waals surface area contributed by atoms with Crippen LogP contribution in [-0.4, -0.2) is 11.4 Å². The first-order chi connectivity index (χ1) is 38.1. The Morgan fingerprint density at radius 1 is 0.325 bits per heavy atom. The van der Waals surface area contributed by atoms with Crippen LogP contribution in [0.2, 0.25) is 0 Å². The molecule has 2 aromatic carbocycles. The minimum absolute atomic E-state index is 0.831.